The molecule has 3 heteroatoms. The molecule has 0 heterocycles. The first kappa shape index (κ1) is 16.4. The minimum absolute atomic E-state index is 0.0200. The predicted octanol–water partition coefficient (Wildman–Crippen LogP) is 2.42. The zero-order valence-electron chi connectivity index (χ0n) is 11.9. The molecule has 0 saturated heterocycles. The van der Waals surface area contributed by atoms with Crippen LogP contribution in [0.1, 0.15) is 45.4 Å². The average Bonchev–Trinajstić information content (AvgIpc) is 2.63. The SMILES string of the molecule is C=CCC1[C@@H](/C=C/[C@@H](O)CCCCC)[C@H](O)C[C@@H]1O. The molecule has 1 saturated carbocycles. The zero-order chi connectivity index (χ0) is 14.3. The van der Waals surface area contributed by atoms with Gasteiger partial charge in [0, 0.05) is 12.3 Å². The number of hydrogen-bond acceptors (Lipinski definition) is 3. The quantitative estimate of drug-likeness (QED) is 0.468. The van der Waals surface area contributed by atoms with Gasteiger partial charge in [-0.1, -0.05) is 44.4 Å². The maximum absolute atomic E-state index is 9.96. The van der Waals surface area contributed by atoms with Crippen LogP contribution in [0.5, 0.6) is 0 Å². The van der Waals surface area contributed by atoms with Crippen LogP contribution >= 0.6 is 0 Å². The van der Waals surface area contributed by atoms with E-state index in [0.717, 1.165) is 25.7 Å². The number of hydrogen-bond donors (Lipinski definition) is 3. The van der Waals surface area contributed by atoms with Gasteiger partial charge in [0.25, 0.3) is 0 Å². The van der Waals surface area contributed by atoms with Crippen molar-refractivity contribution in [1.82, 2.24) is 0 Å². The van der Waals surface area contributed by atoms with Crippen LogP contribution in [0.15, 0.2) is 24.8 Å². The molecule has 1 aliphatic carbocycles. The van der Waals surface area contributed by atoms with Crippen molar-refractivity contribution in [2.45, 2.75) is 63.8 Å². The predicted molar refractivity (Wildman–Crippen MR) is 77.7 cm³/mol. The molecule has 3 N–H and O–H groups in total. The molecule has 0 bridgehead atoms. The highest BCUT2D eigenvalue weighted by molar-refractivity contribution is 5.05. The topological polar surface area (TPSA) is 60.7 Å². The summed E-state index contributed by atoms with van der Waals surface area (Å²) in [6, 6.07) is 0. The van der Waals surface area contributed by atoms with E-state index in [2.05, 4.69) is 13.5 Å². The van der Waals surface area contributed by atoms with Gasteiger partial charge >= 0.3 is 0 Å². The molecule has 1 rings (SSSR count). The van der Waals surface area contributed by atoms with Gasteiger partial charge in [-0.15, -0.1) is 6.58 Å². The fourth-order valence-corrected chi connectivity index (χ4v) is 2.86. The van der Waals surface area contributed by atoms with E-state index >= 15 is 0 Å². The molecule has 0 amide bonds. The van der Waals surface area contributed by atoms with E-state index in [1.54, 1.807) is 12.2 Å². The molecule has 0 aliphatic heterocycles. The van der Waals surface area contributed by atoms with Crippen LogP contribution in [0, 0.1) is 11.8 Å². The largest absolute Gasteiger partial charge is 0.393 e. The third-order valence-electron chi connectivity index (χ3n) is 4.01. The van der Waals surface area contributed by atoms with Crippen LogP contribution in [0.25, 0.3) is 0 Å². The van der Waals surface area contributed by atoms with Gasteiger partial charge in [-0.3, -0.25) is 0 Å². The summed E-state index contributed by atoms with van der Waals surface area (Å²) in [6.45, 7) is 5.83. The van der Waals surface area contributed by atoms with Gasteiger partial charge in [0.05, 0.1) is 18.3 Å². The zero-order valence-corrected chi connectivity index (χ0v) is 11.9. The monoisotopic (exact) mass is 268 g/mol. The molecule has 0 aromatic rings. The lowest BCUT2D eigenvalue weighted by Crippen LogP contribution is -2.20. The van der Waals surface area contributed by atoms with Crippen molar-refractivity contribution in [1.29, 1.82) is 0 Å². The Morgan fingerprint density at radius 2 is 2.00 bits per heavy atom. The van der Waals surface area contributed by atoms with Crippen molar-refractivity contribution in [2.24, 2.45) is 11.8 Å². The van der Waals surface area contributed by atoms with Gasteiger partial charge in [0.1, 0.15) is 0 Å². The molecule has 3 nitrogen and oxygen atoms in total. The number of allylic oxidation sites excluding steroid dienone is 1. The molecule has 1 aliphatic rings. The van der Waals surface area contributed by atoms with Gasteiger partial charge in [-0.05, 0) is 18.8 Å². The molecule has 0 aromatic heterocycles. The first-order chi connectivity index (χ1) is 9.10. The van der Waals surface area contributed by atoms with Crippen molar-refractivity contribution < 1.29 is 15.3 Å². The maximum Gasteiger partial charge on any atom is 0.0721 e. The summed E-state index contributed by atoms with van der Waals surface area (Å²) in [4.78, 5) is 0. The van der Waals surface area contributed by atoms with Crippen LogP contribution in [-0.2, 0) is 0 Å². The van der Waals surface area contributed by atoms with Crippen LogP contribution in [0.4, 0.5) is 0 Å². The Bertz CT molecular complexity index is 288. The van der Waals surface area contributed by atoms with Crippen LogP contribution in [0.2, 0.25) is 0 Å². The van der Waals surface area contributed by atoms with E-state index in [1.165, 1.54) is 0 Å². The highest BCUT2D eigenvalue weighted by Crippen LogP contribution is 2.36. The third-order valence-corrected chi connectivity index (χ3v) is 4.01. The molecular formula is C16H28O3. The molecule has 5 atom stereocenters. The first-order valence-corrected chi connectivity index (χ1v) is 7.43. The van der Waals surface area contributed by atoms with Crippen molar-refractivity contribution in [3.05, 3.63) is 24.8 Å². The summed E-state index contributed by atoms with van der Waals surface area (Å²) < 4.78 is 0. The van der Waals surface area contributed by atoms with E-state index in [-0.39, 0.29) is 11.8 Å². The maximum atomic E-state index is 9.96. The molecule has 110 valence electrons. The summed E-state index contributed by atoms with van der Waals surface area (Å²) >= 11 is 0. The number of aliphatic hydroxyl groups excluding tert-OH is 3. The third kappa shape index (κ3) is 5.09. The number of rotatable bonds is 8. The van der Waals surface area contributed by atoms with Crippen LogP contribution < -0.4 is 0 Å². The van der Waals surface area contributed by atoms with Crippen LogP contribution in [-0.4, -0.2) is 33.6 Å². The molecule has 0 aromatic carbocycles. The fraction of sp³-hybridized carbons (Fsp3) is 0.750. The summed E-state index contributed by atoms with van der Waals surface area (Å²) in [5.41, 5.74) is 0. The summed E-state index contributed by atoms with van der Waals surface area (Å²) in [5.74, 6) is -0.0552. The summed E-state index contributed by atoms with van der Waals surface area (Å²) in [6.07, 6.45) is 9.18. The Balaban J connectivity index is 2.50. The van der Waals surface area contributed by atoms with E-state index < -0.39 is 18.3 Å². The Morgan fingerprint density at radius 3 is 2.63 bits per heavy atom. The smallest absolute Gasteiger partial charge is 0.0721 e. The Morgan fingerprint density at radius 1 is 1.26 bits per heavy atom. The summed E-state index contributed by atoms with van der Waals surface area (Å²) in [7, 11) is 0. The fourth-order valence-electron chi connectivity index (χ4n) is 2.86. The average molecular weight is 268 g/mol. The van der Waals surface area contributed by atoms with E-state index in [0.29, 0.717) is 12.8 Å². The second kappa shape index (κ2) is 8.51. The second-order valence-corrected chi connectivity index (χ2v) is 5.58. The first-order valence-electron chi connectivity index (χ1n) is 7.43. The minimum atomic E-state index is -0.515. The molecule has 0 spiro atoms. The van der Waals surface area contributed by atoms with Crippen molar-refractivity contribution >= 4 is 0 Å². The number of aliphatic hydroxyl groups is 3. The lowest BCUT2D eigenvalue weighted by molar-refractivity contribution is 0.120. The lowest BCUT2D eigenvalue weighted by atomic mass is 9.90. The van der Waals surface area contributed by atoms with Gasteiger partial charge in [0.15, 0.2) is 0 Å². The normalized spacial score (nSPS) is 32.8. The molecule has 1 unspecified atom stereocenters. The highest BCUT2D eigenvalue weighted by atomic mass is 16.3. The number of unbranched alkanes of at least 4 members (excludes halogenated alkanes) is 2. The second-order valence-electron chi connectivity index (χ2n) is 5.58. The Kier molecular flexibility index (Phi) is 7.36. The van der Waals surface area contributed by atoms with Crippen LogP contribution in [0.3, 0.4) is 0 Å². The summed E-state index contributed by atoms with van der Waals surface area (Å²) in [5, 5.41) is 29.7. The Hall–Kier alpha value is -0.640. The molecule has 0 radical (unpaired) electrons. The standard InChI is InChI=1S/C16H28O3/c1-3-5-6-8-12(17)9-10-14-13(7-4-2)15(18)11-16(14)19/h4,9-10,12-19H,2-3,5-8,11H2,1H3/b10-9+/t12-,13?,14+,15-,16+/m0/s1. The van der Waals surface area contributed by atoms with Gasteiger partial charge in [0.2, 0.25) is 0 Å². The molecular weight excluding hydrogens is 240 g/mol. The van der Waals surface area contributed by atoms with Crippen molar-refractivity contribution in [3.63, 3.8) is 0 Å². The molecule has 1 fully saturated rings. The highest BCUT2D eigenvalue weighted by Gasteiger charge is 2.39. The van der Waals surface area contributed by atoms with Gasteiger partial charge in [-0.25, -0.2) is 0 Å². The van der Waals surface area contributed by atoms with Gasteiger partial charge in [-0.2, -0.15) is 0 Å². The van der Waals surface area contributed by atoms with Crippen molar-refractivity contribution in [3.8, 4) is 0 Å². The van der Waals surface area contributed by atoms with Gasteiger partial charge < -0.3 is 15.3 Å². The minimum Gasteiger partial charge on any atom is -0.393 e. The van der Waals surface area contributed by atoms with Crippen molar-refractivity contribution in [2.75, 3.05) is 0 Å². The van der Waals surface area contributed by atoms with E-state index in [4.69, 9.17) is 0 Å². The lowest BCUT2D eigenvalue weighted by Gasteiger charge is -2.19. The molecule has 19 heavy (non-hydrogen) atoms. The Labute approximate surface area is 116 Å². The van der Waals surface area contributed by atoms with E-state index in [9.17, 15) is 15.3 Å². The van der Waals surface area contributed by atoms with E-state index in [1.807, 2.05) is 6.08 Å².